The standard InChI is InChI=1S/C28H33N5O4S/c1-3-37-21-15-13-20(14-16-21)33(28(36)25-22(29)23(26(30)34)32-38-25)24(18-11-9-17(2)10-12-18)27(35)31-19-7-5-4-6-8-19/h9-16,19,24H,3-8,29H2,1-2H3,(H2,30,34)(H,31,35)/t24-/m1/s1. The third-order valence-electron chi connectivity index (χ3n) is 6.65. The quantitative estimate of drug-likeness (QED) is 0.372. The zero-order valence-electron chi connectivity index (χ0n) is 21.6. The molecule has 9 nitrogen and oxygen atoms in total. The van der Waals surface area contributed by atoms with Crippen molar-refractivity contribution in [1.29, 1.82) is 0 Å². The maximum atomic E-state index is 14.1. The van der Waals surface area contributed by atoms with E-state index < -0.39 is 17.9 Å². The second kappa shape index (κ2) is 12.1. The number of nitrogen functional groups attached to an aromatic ring is 1. The Hall–Kier alpha value is -3.92. The van der Waals surface area contributed by atoms with Gasteiger partial charge in [-0.2, -0.15) is 4.37 Å². The number of amides is 3. The van der Waals surface area contributed by atoms with E-state index in [0.717, 1.165) is 49.2 Å². The van der Waals surface area contributed by atoms with Crippen LogP contribution < -0.4 is 26.4 Å². The Morgan fingerprint density at radius 1 is 1.08 bits per heavy atom. The van der Waals surface area contributed by atoms with E-state index in [9.17, 15) is 14.4 Å². The van der Waals surface area contributed by atoms with Gasteiger partial charge in [-0.3, -0.25) is 19.3 Å². The molecule has 5 N–H and O–H groups in total. The average molecular weight is 536 g/mol. The molecular formula is C28H33N5O4S. The monoisotopic (exact) mass is 535 g/mol. The molecule has 0 aliphatic heterocycles. The van der Waals surface area contributed by atoms with Gasteiger partial charge in [0.1, 0.15) is 16.7 Å². The molecule has 2 aromatic carbocycles. The first-order chi connectivity index (χ1) is 18.3. The number of hydrogen-bond donors (Lipinski definition) is 3. The van der Waals surface area contributed by atoms with Crippen LogP contribution in [-0.4, -0.2) is 34.7 Å². The fraction of sp³-hybridized carbons (Fsp3) is 0.357. The zero-order chi connectivity index (χ0) is 27.2. The molecular weight excluding hydrogens is 502 g/mol. The van der Waals surface area contributed by atoms with Gasteiger partial charge in [0.25, 0.3) is 11.8 Å². The number of nitrogens with zero attached hydrogens (tertiary/aromatic N) is 2. The summed E-state index contributed by atoms with van der Waals surface area (Å²) in [5.41, 5.74) is 13.4. The van der Waals surface area contributed by atoms with Gasteiger partial charge in [-0.1, -0.05) is 49.1 Å². The van der Waals surface area contributed by atoms with E-state index in [2.05, 4.69) is 9.69 Å². The molecule has 1 saturated carbocycles. The summed E-state index contributed by atoms with van der Waals surface area (Å²) in [5, 5.41) is 3.18. The number of anilines is 2. The number of hydrogen-bond acceptors (Lipinski definition) is 7. The predicted molar refractivity (Wildman–Crippen MR) is 148 cm³/mol. The van der Waals surface area contributed by atoms with Crippen molar-refractivity contribution in [3.8, 4) is 5.75 Å². The largest absolute Gasteiger partial charge is 0.494 e. The predicted octanol–water partition coefficient (Wildman–Crippen LogP) is 4.37. The van der Waals surface area contributed by atoms with E-state index in [1.54, 1.807) is 24.3 Å². The van der Waals surface area contributed by atoms with Crippen LogP contribution in [0.3, 0.4) is 0 Å². The summed E-state index contributed by atoms with van der Waals surface area (Å²) >= 11 is 0.786. The molecule has 3 aromatic rings. The van der Waals surface area contributed by atoms with Crippen molar-refractivity contribution < 1.29 is 19.1 Å². The topological polar surface area (TPSA) is 141 Å². The third-order valence-corrected chi connectivity index (χ3v) is 7.50. The molecule has 10 heteroatoms. The van der Waals surface area contributed by atoms with Crippen molar-refractivity contribution in [3.05, 3.63) is 70.2 Å². The van der Waals surface area contributed by atoms with E-state index in [-0.39, 0.29) is 28.2 Å². The minimum atomic E-state index is -0.999. The molecule has 0 spiro atoms. The molecule has 0 saturated heterocycles. The van der Waals surface area contributed by atoms with Crippen LogP contribution >= 0.6 is 11.5 Å². The highest BCUT2D eigenvalue weighted by molar-refractivity contribution is 7.09. The van der Waals surface area contributed by atoms with Gasteiger partial charge >= 0.3 is 0 Å². The van der Waals surface area contributed by atoms with Crippen LogP contribution in [0.25, 0.3) is 0 Å². The van der Waals surface area contributed by atoms with Crippen LogP contribution in [0.1, 0.15) is 76.4 Å². The number of carbonyl (C=O) groups is 3. The highest BCUT2D eigenvalue weighted by Crippen LogP contribution is 2.34. The maximum Gasteiger partial charge on any atom is 0.273 e. The smallest absolute Gasteiger partial charge is 0.273 e. The number of rotatable bonds is 9. The van der Waals surface area contributed by atoms with Crippen LogP contribution in [0.2, 0.25) is 0 Å². The van der Waals surface area contributed by atoms with Gasteiger partial charge in [-0.25, -0.2) is 0 Å². The van der Waals surface area contributed by atoms with Crippen molar-refractivity contribution in [1.82, 2.24) is 9.69 Å². The first kappa shape index (κ1) is 27.1. The molecule has 0 bridgehead atoms. The summed E-state index contributed by atoms with van der Waals surface area (Å²) in [4.78, 5) is 41.4. The van der Waals surface area contributed by atoms with Gasteiger partial charge in [-0.05, 0) is 68.1 Å². The summed E-state index contributed by atoms with van der Waals surface area (Å²) < 4.78 is 9.59. The van der Waals surface area contributed by atoms with Gasteiger partial charge in [0, 0.05) is 11.7 Å². The number of benzene rings is 2. The second-order valence-electron chi connectivity index (χ2n) is 9.40. The van der Waals surface area contributed by atoms with E-state index >= 15 is 0 Å². The zero-order valence-corrected chi connectivity index (χ0v) is 22.4. The van der Waals surface area contributed by atoms with Gasteiger partial charge in [0.2, 0.25) is 5.91 Å². The SMILES string of the molecule is CCOc1ccc(N(C(=O)c2snc(C(N)=O)c2N)[C@@H](C(=O)NC2CCCCC2)c2ccc(C)cc2)cc1. The van der Waals surface area contributed by atoms with E-state index in [0.29, 0.717) is 23.6 Å². The Balaban J connectivity index is 1.82. The summed E-state index contributed by atoms with van der Waals surface area (Å²) in [7, 11) is 0. The third kappa shape index (κ3) is 5.96. The number of carbonyl (C=O) groups excluding carboxylic acids is 3. The lowest BCUT2D eigenvalue weighted by Gasteiger charge is -2.33. The number of nitrogens with one attached hydrogen (secondary N) is 1. The normalized spacial score (nSPS) is 14.5. The molecule has 1 aliphatic carbocycles. The minimum Gasteiger partial charge on any atom is -0.494 e. The molecule has 1 heterocycles. The molecule has 1 aromatic heterocycles. The van der Waals surface area contributed by atoms with Gasteiger partial charge in [-0.15, -0.1) is 0 Å². The number of aryl methyl sites for hydroxylation is 1. The Morgan fingerprint density at radius 2 is 1.74 bits per heavy atom. The summed E-state index contributed by atoms with van der Waals surface area (Å²) in [6.45, 7) is 4.33. The maximum absolute atomic E-state index is 14.1. The van der Waals surface area contributed by atoms with Crippen molar-refractivity contribution in [2.45, 2.75) is 58.0 Å². The summed E-state index contributed by atoms with van der Waals surface area (Å²) in [6, 6.07) is 13.5. The number of nitrogens with two attached hydrogens (primary N) is 2. The van der Waals surface area contributed by atoms with Crippen LogP contribution in [-0.2, 0) is 4.79 Å². The van der Waals surface area contributed by atoms with E-state index in [1.807, 2.05) is 38.1 Å². The van der Waals surface area contributed by atoms with Crippen molar-refractivity contribution in [2.24, 2.45) is 5.73 Å². The Kier molecular flexibility index (Phi) is 8.62. The molecule has 3 amide bonds. The highest BCUT2D eigenvalue weighted by Gasteiger charge is 2.37. The summed E-state index contributed by atoms with van der Waals surface area (Å²) in [5.74, 6) is -1.03. The van der Waals surface area contributed by atoms with Crippen LogP contribution in [0, 0.1) is 6.92 Å². The molecule has 38 heavy (non-hydrogen) atoms. The van der Waals surface area contributed by atoms with Crippen molar-refractivity contribution in [3.63, 3.8) is 0 Å². The van der Waals surface area contributed by atoms with E-state index in [1.165, 1.54) is 4.90 Å². The highest BCUT2D eigenvalue weighted by atomic mass is 32.1. The first-order valence-electron chi connectivity index (χ1n) is 12.8. The molecule has 200 valence electrons. The van der Waals surface area contributed by atoms with Gasteiger partial charge in [0.15, 0.2) is 5.69 Å². The Labute approximate surface area is 226 Å². The molecule has 1 fully saturated rings. The first-order valence-corrected chi connectivity index (χ1v) is 13.6. The van der Waals surface area contributed by atoms with Gasteiger partial charge < -0.3 is 21.5 Å². The lowest BCUT2D eigenvalue weighted by molar-refractivity contribution is -0.123. The molecule has 1 atom stereocenters. The lowest BCUT2D eigenvalue weighted by atomic mass is 9.94. The minimum absolute atomic E-state index is 0.0373. The van der Waals surface area contributed by atoms with E-state index in [4.69, 9.17) is 16.2 Å². The molecule has 0 radical (unpaired) electrons. The van der Waals surface area contributed by atoms with Crippen LogP contribution in [0.4, 0.5) is 11.4 Å². The molecule has 4 rings (SSSR count). The molecule has 1 aliphatic rings. The number of aromatic nitrogens is 1. The fourth-order valence-corrected chi connectivity index (χ4v) is 5.43. The average Bonchev–Trinajstić information content (AvgIpc) is 3.30. The van der Waals surface area contributed by atoms with Crippen molar-refractivity contribution >= 4 is 40.6 Å². The van der Waals surface area contributed by atoms with Crippen molar-refractivity contribution in [2.75, 3.05) is 17.2 Å². The second-order valence-corrected chi connectivity index (χ2v) is 10.2. The Morgan fingerprint density at radius 3 is 2.32 bits per heavy atom. The number of primary amides is 1. The van der Waals surface area contributed by atoms with Gasteiger partial charge in [0.05, 0.1) is 12.3 Å². The summed E-state index contributed by atoms with van der Waals surface area (Å²) in [6.07, 6.45) is 5.04. The fourth-order valence-electron chi connectivity index (χ4n) is 4.69. The molecule has 0 unspecified atom stereocenters. The number of ether oxygens (including phenoxy) is 1. The van der Waals surface area contributed by atoms with Crippen LogP contribution in [0.15, 0.2) is 48.5 Å². The lowest BCUT2D eigenvalue weighted by Crippen LogP contribution is -2.47. The Bertz CT molecular complexity index is 1280. The van der Waals surface area contributed by atoms with Crippen LogP contribution in [0.5, 0.6) is 5.75 Å².